The SMILES string of the molecule is CC1CPCC(C)CN(C)C1. The first kappa shape index (κ1) is 9.48. The summed E-state index contributed by atoms with van der Waals surface area (Å²) in [5, 5.41) is 0. The van der Waals surface area contributed by atoms with Gasteiger partial charge in [0.1, 0.15) is 0 Å². The maximum atomic E-state index is 2.49. The van der Waals surface area contributed by atoms with Gasteiger partial charge in [0, 0.05) is 13.1 Å². The third kappa shape index (κ3) is 3.53. The van der Waals surface area contributed by atoms with E-state index in [-0.39, 0.29) is 0 Å². The van der Waals surface area contributed by atoms with E-state index >= 15 is 0 Å². The lowest BCUT2D eigenvalue weighted by molar-refractivity contribution is 0.263. The van der Waals surface area contributed by atoms with E-state index in [1.165, 1.54) is 34.0 Å². The Hall–Kier alpha value is 0.390. The molecular formula is C9H20NP. The van der Waals surface area contributed by atoms with Gasteiger partial charge in [0.25, 0.3) is 0 Å². The molecule has 0 bridgehead atoms. The van der Waals surface area contributed by atoms with Crippen molar-refractivity contribution in [2.45, 2.75) is 13.8 Å². The van der Waals surface area contributed by atoms with Crippen molar-refractivity contribution < 1.29 is 0 Å². The molecule has 1 fully saturated rings. The van der Waals surface area contributed by atoms with E-state index in [9.17, 15) is 0 Å². The van der Waals surface area contributed by atoms with E-state index in [4.69, 9.17) is 0 Å². The number of nitrogens with zero attached hydrogens (tertiary/aromatic N) is 1. The second-order valence-corrected chi connectivity index (χ2v) is 5.41. The highest BCUT2D eigenvalue weighted by Gasteiger charge is 2.13. The van der Waals surface area contributed by atoms with Crippen LogP contribution < -0.4 is 0 Å². The van der Waals surface area contributed by atoms with E-state index in [1.54, 1.807) is 0 Å². The molecule has 11 heavy (non-hydrogen) atoms. The average molecular weight is 173 g/mol. The Morgan fingerprint density at radius 1 is 1.09 bits per heavy atom. The lowest BCUT2D eigenvalue weighted by Crippen LogP contribution is -2.32. The van der Waals surface area contributed by atoms with E-state index < -0.39 is 0 Å². The first-order valence-electron chi connectivity index (χ1n) is 4.57. The minimum absolute atomic E-state index is 0.922. The van der Waals surface area contributed by atoms with Crippen molar-refractivity contribution in [3.8, 4) is 0 Å². The molecular weight excluding hydrogens is 153 g/mol. The van der Waals surface area contributed by atoms with Gasteiger partial charge in [-0.2, -0.15) is 0 Å². The Labute approximate surface area is 72.3 Å². The zero-order chi connectivity index (χ0) is 8.27. The summed E-state index contributed by atoms with van der Waals surface area (Å²) in [6.07, 6.45) is 2.91. The summed E-state index contributed by atoms with van der Waals surface area (Å²) in [7, 11) is 3.47. The summed E-state index contributed by atoms with van der Waals surface area (Å²) in [6.45, 7) is 7.35. The molecule has 2 heteroatoms. The molecule has 0 amide bonds. The van der Waals surface area contributed by atoms with Crippen LogP contribution in [0.5, 0.6) is 0 Å². The van der Waals surface area contributed by atoms with Crippen molar-refractivity contribution >= 4 is 8.58 Å². The fourth-order valence-corrected chi connectivity index (χ4v) is 3.25. The molecule has 0 aromatic heterocycles. The van der Waals surface area contributed by atoms with Crippen molar-refractivity contribution in [2.24, 2.45) is 11.8 Å². The van der Waals surface area contributed by atoms with Gasteiger partial charge < -0.3 is 4.90 Å². The van der Waals surface area contributed by atoms with E-state index in [1.807, 2.05) is 0 Å². The van der Waals surface area contributed by atoms with Crippen LogP contribution in [0.15, 0.2) is 0 Å². The molecule has 0 aliphatic carbocycles. The molecule has 2 atom stereocenters. The summed E-state index contributed by atoms with van der Waals surface area (Å²) in [5.74, 6) is 1.84. The van der Waals surface area contributed by atoms with Crippen molar-refractivity contribution in [3.63, 3.8) is 0 Å². The van der Waals surface area contributed by atoms with E-state index in [0.717, 1.165) is 11.8 Å². The normalized spacial score (nSPS) is 38.5. The maximum Gasteiger partial charge on any atom is 0.000736 e. The molecule has 0 aromatic rings. The lowest BCUT2D eigenvalue weighted by Gasteiger charge is -2.27. The third-order valence-electron chi connectivity index (χ3n) is 2.23. The highest BCUT2D eigenvalue weighted by Crippen LogP contribution is 2.22. The van der Waals surface area contributed by atoms with Gasteiger partial charge in [-0.1, -0.05) is 13.8 Å². The zero-order valence-electron chi connectivity index (χ0n) is 7.93. The van der Waals surface area contributed by atoms with Crippen molar-refractivity contribution in [3.05, 3.63) is 0 Å². The molecule has 0 aromatic carbocycles. The largest absolute Gasteiger partial charge is 0.306 e. The van der Waals surface area contributed by atoms with Gasteiger partial charge in [0.2, 0.25) is 0 Å². The Kier molecular flexibility index (Phi) is 3.81. The molecule has 0 saturated carbocycles. The third-order valence-corrected chi connectivity index (χ3v) is 4.20. The topological polar surface area (TPSA) is 3.24 Å². The minimum atomic E-state index is 0.922. The molecule has 66 valence electrons. The van der Waals surface area contributed by atoms with Gasteiger partial charge in [0.15, 0.2) is 0 Å². The van der Waals surface area contributed by atoms with Gasteiger partial charge >= 0.3 is 0 Å². The minimum Gasteiger partial charge on any atom is -0.306 e. The van der Waals surface area contributed by atoms with Gasteiger partial charge in [-0.15, -0.1) is 8.58 Å². The molecule has 0 spiro atoms. The van der Waals surface area contributed by atoms with Crippen molar-refractivity contribution in [1.29, 1.82) is 0 Å². The molecule has 1 nitrogen and oxygen atoms in total. The first-order chi connectivity index (χ1) is 5.18. The summed E-state index contributed by atoms with van der Waals surface area (Å²) < 4.78 is 0. The Balaban J connectivity index is 2.34. The van der Waals surface area contributed by atoms with Crippen LogP contribution in [0, 0.1) is 11.8 Å². The molecule has 1 heterocycles. The Morgan fingerprint density at radius 3 is 2.00 bits per heavy atom. The lowest BCUT2D eigenvalue weighted by atomic mass is 10.1. The van der Waals surface area contributed by atoms with Crippen LogP contribution in [0.4, 0.5) is 0 Å². The van der Waals surface area contributed by atoms with Crippen LogP contribution in [-0.2, 0) is 0 Å². The van der Waals surface area contributed by atoms with Crippen LogP contribution in [0.25, 0.3) is 0 Å². The Bertz CT molecular complexity index is 104. The van der Waals surface area contributed by atoms with E-state index in [0.29, 0.717) is 0 Å². The van der Waals surface area contributed by atoms with Gasteiger partial charge in [-0.3, -0.25) is 0 Å². The van der Waals surface area contributed by atoms with Crippen molar-refractivity contribution in [1.82, 2.24) is 4.90 Å². The number of hydrogen-bond donors (Lipinski definition) is 0. The van der Waals surface area contributed by atoms with Crippen LogP contribution in [0.3, 0.4) is 0 Å². The Morgan fingerprint density at radius 2 is 1.55 bits per heavy atom. The van der Waals surface area contributed by atoms with E-state index in [2.05, 4.69) is 25.8 Å². The summed E-state index contributed by atoms with van der Waals surface area (Å²) in [6, 6.07) is 0. The van der Waals surface area contributed by atoms with Crippen LogP contribution >= 0.6 is 8.58 Å². The van der Waals surface area contributed by atoms with Crippen LogP contribution in [0.2, 0.25) is 0 Å². The monoisotopic (exact) mass is 173 g/mol. The van der Waals surface area contributed by atoms with Gasteiger partial charge in [-0.25, -0.2) is 0 Å². The molecule has 0 radical (unpaired) electrons. The molecule has 2 unspecified atom stereocenters. The second kappa shape index (κ2) is 4.42. The first-order valence-corrected chi connectivity index (χ1v) is 5.99. The fourth-order valence-electron chi connectivity index (χ4n) is 1.84. The van der Waals surface area contributed by atoms with Crippen LogP contribution in [0.1, 0.15) is 13.8 Å². The molecule has 1 saturated heterocycles. The quantitative estimate of drug-likeness (QED) is 0.505. The maximum absolute atomic E-state index is 2.49. The predicted octanol–water partition coefficient (Wildman–Crippen LogP) is 1.88. The fraction of sp³-hybridized carbons (Fsp3) is 1.00. The summed E-state index contributed by atoms with van der Waals surface area (Å²) in [5.41, 5.74) is 0. The van der Waals surface area contributed by atoms with Crippen LogP contribution in [-0.4, -0.2) is 37.4 Å². The molecule has 1 rings (SSSR count). The zero-order valence-corrected chi connectivity index (χ0v) is 8.93. The van der Waals surface area contributed by atoms with Gasteiger partial charge in [-0.05, 0) is 31.2 Å². The molecule has 1 aliphatic heterocycles. The molecule has 0 N–H and O–H groups in total. The van der Waals surface area contributed by atoms with Crippen molar-refractivity contribution in [2.75, 3.05) is 32.5 Å². The standard InChI is InChI=1S/C9H20NP/c1-8-4-10(3)5-9(2)7-11-6-8/h8-9,11H,4-7H2,1-3H3. The highest BCUT2D eigenvalue weighted by atomic mass is 31.1. The van der Waals surface area contributed by atoms with Gasteiger partial charge in [0.05, 0.1) is 0 Å². The second-order valence-electron chi connectivity index (χ2n) is 4.09. The highest BCUT2D eigenvalue weighted by molar-refractivity contribution is 7.38. The number of rotatable bonds is 0. The molecule has 1 aliphatic rings. The summed E-state index contributed by atoms with van der Waals surface area (Å²) >= 11 is 0. The predicted molar refractivity (Wildman–Crippen MR) is 53.9 cm³/mol. The smallest absolute Gasteiger partial charge is 0.000736 e. The number of hydrogen-bond acceptors (Lipinski definition) is 1. The summed E-state index contributed by atoms with van der Waals surface area (Å²) in [4.78, 5) is 2.49. The average Bonchev–Trinajstić information content (AvgIpc) is 1.83.